The first-order chi connectivity index (χ1) is 23.3. The van der Waals surface area contributed by atoms with Gasteiger partial charge in [-0.15, -0.1) is 11.3 Å². The van der Waals surface area contributed by atoms with Crippen molar-refractivity contribution in [1.82, 2.24) is 15.3 Å². The molecule has 0 saturated carbocycles. The number of anilines is 2. The molecular weight excluding hydrogens is 650 g/mol. The molecule has 1 aliphatic rings. The smallest absolute Gasteiger partial charge is 0.357 e. The molecule has 10 nitrogen and oxygen atoms in total. The Balaban J connectivity index is 0.00000255. The van der Waals surface area contributed by atoms with Crippen molar-refractivity contribution < 1.29 is 18.7 Å². The van der Waals surface area contributed by atoms with Gasteiger partial charge in [-0.3, -0.25) is 0 Å². The van der Waals surface area contributed by atoms with E-state index in [1.807, 2.05) is 49.9 Å². The van der Waals surface area contributed by atoms with Crippen LogP contribution in [0.4, 0.5) is 14.7 Å². The molecule has 4 aromatic rings. The number of nitrogens with one attached hydrogen (secondary N) is 2. The van der Waals surface area contributed by atoms with Crippen LogP contribution in [0.15, 0.2) is 65.3 Å². The van der Waals surface area contributed by atoms with Gasteiger partial charge in [-0.1, -0.05) is 49.2 Å². The maximum atomic E-state index is 14.5. The molecule has 5 rings (SSSR count). The number of benzene rings is 2. The fraction of sp³-hybridized carbons (Fsp3) is 0.343. The lowest BCUT2D eigenvalue weighted by atomic mass is 9.99. The number of allylic oxidation sites excluding steroid dienone is 2. The Morgan fingerprint density at radius 2 is 1.96 bits per heavy atom. The highest BCUT2D eigenvalue weighted by Gasteiger charge is 2.27. The fourth-order valence-electron chi connectivity index (χ4n) is 4.93. The number of hydrogen-bond acceptors (Lipinski definition) is 12. The Morgan fingerprint density at radius 3 is 2.69 bits per heavy atom. The van der Waals surface area contributed by atoms with Crippen molar-refractivity contribution in [3.63, 3.8) is 0 Å². The van der Waals surface area contributed by atoms with E-state index in [2.05, 4.69) is 32.4 Å². The average molecular weight is 692 g/mol. The summed E-state index contributed by atoms with van der Waals surface area (Å²) in [6, 6.07) is 12.6. The van der Waals surface area contributed by atoms with Gasteiger partial charge in [0.05, 0.1) is 30.5 Å². The van der Waals surface area contributed by atoms with Crippen molar-refractivity contribution in [1.29, 1.82) is 0 Å². The third-order valence-electron chi connectivity index (χ3n) is 7.33. The normalized spacial score (nSPS) is 13.2. The summed E-state index contributed by atoms with van der Waals surface area (Å²) in [5.41, 5.74) is 16.7. The number of carbonyl (C=O) groups excluding carboxylic acids is 1. The first-order valence-corrected chi connectivity index (χ1v) is 17.4. The Kier molecular flexibility index (Phi) is 13.2. The molecule has 0 unspecified atom stereocenters. The summed E-state index contributed by atoms with van der Waals surface area (Å²) in [4.78, 5) is 24.6. The zero-order valence-corrected chi connectivity index (χ0v) is 29.5. The van der Waals surface area contributed by atoms with Crippen molar-refractivity contribution >= 4 is 49.1 Å². The Bertz CT molecular complexity index is 1820. The van der Waals surface area contributed by atoms with E-state index in [4.69, 9.17) is 20.9 Å². The SMILES string of the molecule is CC.CNCC#Cc1ccc(OCCCc2sc(N3CCCC(/C(C)=C(\N)Nc4nc5ccccc5s4)=C3N)nc2C(=O)OC)c(F)c1. The molecule has 48 heavy (non-hydrogen) atoms. The number of hydrogen-bond donors (Lipinski definition) is 4. The van der Waals surface area contributed by atoms with E-state index in [1.165, 1.54) is 35.8 Å². The summed E-state index contributed by atoms with van der Waals surface area (Å²) in [5, 5.41) is 7.46. The number of rotatable bonds is 11. The molecule has 0 spiro atoms. The van der Waals surface area contributed by atoms with Gasteiger partial charge in [0, 0.05) is 17.0 Å². The second-order valence-electron chi connectivity index (χ2n) is 10.5. The Morgan fingerprint density at radius 1 is 1.17 bits per heavy atom. The number of halogens is 1. The van der Waals surface area contributed by atoms with Gasteiger partial charge in [-0.25, -0.2) is 19.2 Å². The number of carbonyl (C=O) groups is 1. The Labute approximate surface area is 289 Å². The van der Waals surface area contributed by atoms with Crippen LogP contribution in [0, 0.1) is 17.7 Å². The van der Waals surface area contributed by atoms with Gasteiger partial charge in [0.1, 0.15) is 11.6 Å². The molecule has 0 aliphatic carbocycles. The molecule has 0 radical (unpaired) electrons. The maximum Gasteiger partial charge on any atom is 0.357 e. The highest BCUT2D eigenvalue weighted by molar-refractivity contribution is 7.22. The lowest BCUT2D eigenvalue weighted by molar-refractivity contribution is 0.0593. The van der Waals surface area contributed by atoms with E-state index in [1.54, 1.807) is 19.2 Å². The summed E-state index contributed by atoms with van der Waals surface area (Å²) < 4.78 is 26.3. The fourth-order valence-corrected chi connectivity index (χ4v) is 6.93. The van der Waals surface area contributed by atoms with Crippen LogP contribution in [0.3, 0.4) is 0 Å². The van der Waals surface area contributed by atoms with E-state index >= 15 is 0 Å². The molecule has 0 saturated heterocycles. The zero-order valence-electron chi connectivity index (χ0n) is 27.9. The summed E-state index contributed by atoms with van der Waals surface area (Å²) in [7, 11) is 3.12. The van der Waals surface area contributed by atoms with Gasteiger partial charge in [-0.05, 0) is 81.1 Å². The van der Waals surface area contributed by atoms with Crippen LogP contribution in [-0.2, 0) is 11.2 Å². The van der Waals surface area contributed by atoms with Crippen LogP contribution < -0.4 is 31.7 Å². The number of fused-ring (bicyclic) bond motifs is 1. The number of nitrogens with two attached hydrogens (primary N) is 2. The number of methoxy groups -OCH3 is 1. The third-order valence-corrected chi connectivity index (χ3v) is 9.42. The van der Waals surface area contributed by atoms with E-state index < -0.39 is 11.8 Å². The first kappa shape index (κ1) is 36.2. The third kappa shape index (κ3) is 8.83. The highest BCUT2D eigenvalue weighted by atomic mass is 32.1. The number of ether oxygens (including phenoxy) is 2. The van der Waals surface area contributed by atoms with Gasteiger partial charge < -0.3 is 36.5 Å². The number of aromatic nitrogens is 2. The van der Waals surface area contributed by atoms with Gasteiger partial charge in [0.15, 0.2) is 27.5 Å². The van der Waals surface area contributed by atoms with E-state index in [0.29, 0.717) is 53.4 Å². The quantitative estimate of drug-likeness (QED) is 0.0798. The molecule has 254 valence electrons. The minimum atomic E-state index is -0.528. The summed E-state index contributed by atoms with van der Waals surface area (Å²) in [6.45, 7) is 7.33. The van der Waals surface area contributed by atoms with Crippen LogP contribution in [0.5, 0.6) is 5.75 Å². The second-order valence-corrected chi connectivity index (χ2v) is 12.6. The van der Waals surface area contributed by atoms with Crippen LogP contribution >= 0.6 is 22.7 Å². The van der Waals surface area contributed by atoms with Crippen molar-refractivity contribution in [3.8, 4) is 17.6 Å². The average Bonchev–Trinajstić information content (AvgIpc) is 3.71. The number of nitrogens with zero attached hydrogens (tertiary/aromatic N) is 3. The molecule has 0 atom stereocenters. The number of para-hydroxylation sites is 1. The maximum absolute atomic E-state index is 14.5. The van der Waals surface area contributed by atoms with Gasteiger partial charge in [0.2, 0.25) is 0 Å². The summed E-state index contributed by atoms with van der Waals surface area (Å²) >= 11 is 2.91. The van der Waals surface area contributed by atoms with Crippen LogP contribution in [0.25, 0.3) is 10.2 Å². The largest absolute Gasteiger partial charge is 0.491 e. The lowest BCUT2D eigenvalue weighted by Gasteiger charge is -2.30. The Hall–Kier alpha value is -4.64. The van der Waals surface area contributed by atoms with Gasteiger partial charge in [-0.2, -0.15) is 0 Å². The lowest BCUT2D eigenvalue weighted by Crippen LogP contribution is -2.34. The van der Waals surface area contributed by atoms with Crippen molar-refractivity contribution in [3.05, 3.63) is 87.2 Å². The zero-order chi connectivity index (χ0) is 34.6. The molecule has 3 heterocycles. The molecule has 2 aromatic heterocycles. The van der Waals surface area contributed by atoms with Crippen molar-refractivity contribution in [2.24, 2.45) is 11.5 Å². The molecule has 2 aromatic carbocycles. The second kappa shape index (κ2) is 17.5. The van der Waals surface area contributed by atoms with Gasteiger partial charge in [0.25, 0.3) is 0 Å². The van der Waals surface area contributed by atoms with E-state index in [9.17, 15) is 9.18 Å². The minimum Gasteiger partial charge on any atom is -0.491 e. The first-order valence-electron chi connectivity index (χ1n) is 15.8. The van der Waals surface area contributed by atoms with Crippen LogP contribution in [0.2, 0.25) is 0 Å². The molecule has 0 bridgehead atoms. The molecule has 0 amide bonds. The van der Waals surface area contributed by atoms with E-state index in [0.717, 1.165) is 39.1 Å². The molecular formula is C35H42FN7O3S2. The summed E-state index contributed by atoms with van der Waals surface area (Å²) in [6.07, 6.45) is 2.58. The van der Waals surface area contributed by atoms with E-state index in [-0.39, 0.29) is 18.1 Å². The molecule has 0 fully saturated rings. The highest BCUT2D eigenvalue weighted by Crippen LogP contribution is 2.35. The summed E-state index contributed by atoms with van der Waals surface area (Å²) in [5.74, 6) is 5.95. The number of aryl methyl sites for hydroxylation is 1. The van der Waals surface area contributed by atoms with Crippen LogP contribution in [-0.4, -0.2) is 49.8 Å². The van der Waals surface area contributed by atoms with Gasteiger partial charge >= 0.3 is 5.97 Å². The minimum absolute atomic E-state index is 0.149. The topological polar surface area (TPSA) is 141 Å². The predicted molar refractivity (Wildman–Crippen MR) is 194 cm³/mol. The number of thiazole rings is 2. The molecule has 13 heteroatoms. The monoisotopic (exact) mass is 691 g/mol. The number of esters is 1. The standard InChI is InChI=1S/C33H36FN7O3S2.C2H6/c1-20(29(35)40-32-38-24-11-4-5-12-26(24)45-32)22-10-7-17-41(30(22)36)33-39-28(31(42)43-3)27(46-33)13-8-18-44-25-15-14-21(19-23(25)34)9-6-16-37-2;1-2/h4-5,11-12,14-15,19,37H,7-8,10,13,16-18,35-36H2,1-3H3,(H,38,40);1-2H3/b29-20+;. The van der Waals surface area contributed by atoms with Crippen molar-refractivity contribution in [2.75, 3.05) is 44.1 Å². The molecule has 1 aliphatic heterocycles. The van der Waals surface area contributed by atoms with Crippen molar-refractivity contribution in [2.45, 2.75) is 46.5 Å². The molecule has 6 N–H and O–H groups in total. The predicted octanol–water partition coefficient (Wildman–Crippen LogP) is 6.36. The van der Waals surface area contributed by atoms with Crippen LogP contribution in [0.1, 0.15) is 61.0 Å².